The average molecular weight is 305 g/mol. The molecule has 2 aromatic rings. The van der Waals surface area contributed by atoms with Crippen molar-refractivity contribution in [2.45, 2.75) is 24.8 Å². The Morgan fingerprint density at radius 2 is 1.76 bits per heavy atom. The van der Waals surface area contributed by atoms with Crippen molar-refractivity contribution in [3.05, 3.63) is 53.6 Å². The smallest absolute Gasteiger partial charge is 0.240 e. The van der Waals surface area contributed by atoms with Gasteiger partial charge in [-0.3, -0.25) is 0 Å². The van der Waals surface area contributed by atoms with Crippen LogP contribution in [0.3, 0.4) is 0 Å². The summed E-state index contributed by atoms with van der Waals surface area (Å²) in [6.07, 6.45) is 0. The van der Waals surface area contributed by atoms with Gasteiger partial charge >= 0.3 is 0 Å². The first kappa shape index (κ1) is 15.3. The summed E-state index contributed by atoms with van der Waals surface area (Å²) in [6.45, 7) is 4.02. The number of anilines is 2. The minimum Gasteiger partial charge on any atom is -0.396 e. The number of para-hydroxylation sites is 1. The molecular formula is C15H19N3O2S. The van der Waals surface area contributed by atoms with E-state index >= 15 is 0 Å². The van der Waals surface area contributed by atoms with Crippen LogP contribution >= 0.6 is 0 Å². The lowest BCUT2D eigenvalue weighted by Gasteiger charge is -2.19. The molecule has 0 radical (unpaired) electrons. The van der Waals surface area contributed by atoms with E-state index in [2.05, 4.69) is 5.32 Å². The Bertz CT molecular complexity index is 757. The second-order valence-corrected chi connectivity index (χ2v) is 6.51. The standard InChI is InChI=1S/C15H19N3O2S/c1-10-6-3-4-7-12(10)11(2)18-13-8-5-9-14(15(13)16)21(17,19)20/h3-9,11,18H,16H2,1-2H3,(H2,17,19,20). The Labute approximate surface area is 125 Å². The van der Waals surface area contributed by atoms with Crippen molar-refractivity contribution >= 4 is 21.4 Å². The number of nitrogens with one attached hydrogen (secondary N) is 1. The van der Waals surface area contributed by atoms with Crippen LogP contribution in [-0.4, -0.2) is 8.42 Å². The topological polar surface area (TPSA) is 98.2 Å². The van der Waals surface area contributed by atoms with Gasteiger partial charge in [0.05, 0.1) is 11.4 Å². The van der Waals surface area contributed by atoms with Gasteiger partial charge in [0.1, 0.15) is 4.90 Å². The zero-order chi connectivity index (χ0) is 15.6. The molecule has 0 aliphatic rings. The van der Waals surface area contributed by atoms with E-state index in [1.165, 1.54) is 6.07 Å². The molecule has 0 bridgehead atoms. The third kappa shape index (κ3) is 3.34. The number of aryl methyl sites for hydroxylation is 1. The Morgan fingerprint density at radius 1 is 1.10 bits per heavy atom. The highest BCUT2D eigenvalue weighted by molar-refractivity contribution is 7.89. The van der Waals surface area contributed by atoms with Crippen molar-refractivity contribution < 1.29 is 8.42 Å². The van der Waals surface area contributed by atoms with E-state index in [-0.39, 0.29) is 16.6 Å². The van der Waals surface area contributed by atoms with E-state index in [0.29, 0.717) is 5.69 Å². The van der Waals surface area contributed by atoms with Crippen molar-refractivity contribution in [3.8, 4) is 0 Å². The lowest BCUT2D eigenvalue weighted by atomic mass is 10.0. The summed E-state index contributed by atoms with van der Waals surface area (Å²) in [5.41, 5.74) is 8.88. The Kier molecular flexibility index (Phi) is 4.20. The third-order valence-corrected chi connectivity index (χ3v) is 4.37. The first-order valence-corrected chi connectivity index (χ1v) is 8.08. The molecule has 0 saturated heterocycles. The zero-order valence-corrected chi connectivity index (χ0v) is 12.8. The summed E-state index contributed by atoms with van der Waals surface area (Å²) in [4.78, 5) is -0.0653. The van der Waals surface area contributed by atoms with Gasteiger partial charge in [0, 0.05) is 6.04 Å². The summed E-state index contributed by atoms with van der Waals surface area (Å²) in [6, 6.07) is 12.7. The van der Waals surface area contributed by atoms with E-state index < -0.39 is 10.0 Å². The second-order valence-electron chi connectivity index (χ2n) is 4.99. The summed E-state index contributed by atoms with van der Waals surface area (Å²) in [5, 5.41) is 8.39. The maximum Gasteiger partial charge on any atom is 0.240 e. The first-order chi connectivity index (χ1) is 9.80. The number of primary sulfonamides is 1. The molecule has 2 rings (SSSR count). The summed E-state index contributed by atoms with van der Waals surface area (Å²) >= 11 is 0. The molecule has 5 N–H and O–H groups in total. The Balaban J connectivity index is 2.35. The summed E-state index contributed by atoms with van der Waals surface area (Å²) < 4.78 is 23.0. The van der Waals surface area contributed by atoms with Crippen LogP contribution in [0.4, 0.5) is 11.4 Å². The number of sulfonamides is 1. The molecule has 5 nitrogen and oxygen atoms in total. The maximum atomic E-state index is 11.5. The van der Waals surface area contributed by atoms with Crippen LogP contribution in [-0.2, 0) is 10.0 Å². The van der Waals surface area contributed by atoms with Crippen molar-refractivity contribution in [3.63, 3.8) is 0 Å². The van der Waals surface area contributed by atoms with E-state index in [4.69, 9.17) is 10.9 Å². The van der Waals surface area contributed by atoms with Crippen molar-refractivity contribution in [1.82, 2.24) is 0 Å². The molecule has 0 aromatic heterocycles. The van der Waals surface area contributed by atoms with E-state index in [0.717, 1.165) is 11.1 Å². The van der Waals surface area contributed by atoms with Crippen LogP contribution in [0.15, 0.2) is 47.4 Å². The molecule has 6 heteroatoms. The van der Waals surface area contributed by atoms with E-state index in [1.54, 1.807) is 12.1 Å². The van der Waals surface area contributed by atoms with Crippen molar-refractivity contribution in [2.24, 2.45) is 5.14 Å². The number of rotatable bonds is 4. The molecule has 21 heavy (non-hydrogen) atoms. The number of hydrogen-bond acceptors (Lipinski definition) is 4. The lowest BCUT2D eigenvalue weighted by Crippen LogP contribution is -2.16. The molecule has 112 valence electrons. The van der Waals surface area contributed by atoms with Gasteiger partial charge in [-0.1, -0.05) is 30.3 Å². The maximum absolute atomic E-state index is 11.5. The molecule has 0 spiro atoms. The monoisotopic (exact) mass is 305 g/mol. The van der Waals surface area contributed by atoms with E-state index in [9.17, 15) is 8.42 Å². The third-order valence-electron chi connectivity index (χ3n) is 3.40. The normalized spacial score (nSPS) is 12.9. The van der Waals surface area contributed by atoms with Gasteiger partial charge in [0.15, 0.2) is 0 Å². The van der Waals surface area contributed by atoms with Gasteiger partial charge in [-0.2, -0.15) is 0 Å². The predicted molar refractivity (Wildman–Crippen MR) is 85.4 cm³/mol. The molecule has 2 aromatic carbocycles. The van der Waals surface area contributed by atoms with Crippen LogP contribution < -0.4 is 16.2 Å². The number of nitrogen functional groups attached to an aromatic ring is 1. The molecule has 0 saturated carbocycles. The molecule has 1 atom stereocenters. The number of hydrogen-bond donors (Lipinski definition) is 3. The fourth-order valence-electron chi connectivity index (χ4n) is 2.30. The highest BCUT2D eigenvalue weighted by atomic mass is 32.2. The molecule has 0 amide bonds. The van der Waals surface area contributed by atoms with Crippen LogP contribution in [0.5, 0.6) is 0 Å². The molecule has 0 fully saturated rings. The van der Waals surface area contributed by atoms with Gasteiger partial charge in [-0.05, 0) is 37.1 Å². The SMILES string of the molecule is Cc1ccccc1C(C)Nc1cccc(S(N)(=O)=O)c1N. The van der Waals surface area contributed by atoms with Crippen molar-refractivity contribution in [2.75, 3.05) is 11.1 Å². The van der Waals surface area contributed by atoms with E-state index in [1.807, 2.05) is 38.1 Å². The molecule has 0 aliphatic carbocycles. The molecule has 0 heterocycles. The van der Waals surface area contributed by atoms with Gasteiger partial charge in [0.25, 0.3) is 0 Å². The quantitative estimate of drug-likeness (QED) is 0.755. The minimum atomic E-state index is -3.83. The first-order valence-electron chi connectivity index (χ1n) is 6.54. The lowest BCUT2D eigenvalue weighted by molar-refractivity contribution is 0.598. The van der Waals surface area contributed by atoms with Gasteiger partial charge < -0.3 is 11.1 Å². The number of benzene rings is 2. The fraction of sp³-hybridized carbons (Fsp3) is 0.200. The van der Waals surface area contributed by atoms with Crippen LogP contribution in [0.25, 0.3) is 0 Å². The molecular weight excluding hydrogens is 286 g/mol. The Hall–Kier alpha value is -2.05. The van der Waals surface area contributed by atoms with Gasteiger partial charge in [-0.25, -0.2) is 13.6 Å². The van der Waals surface area contributed by atoms with Crippen LogP contribution in [0.1, 0.15) is 24.1 Å². The summed E-state index contributed by atoms with van der Waals surface area (Å²) in [5.74, 6) is 0. The van der Waals surface area contributed by atoms with Crippen LogP contribution in [0, 0.1) is 6.92 Å². The second kappa shape index (κ2) is 5.75. The molecule has 0 aliphatic heterocycles. The zero-order valence-electron chi connectivity index (χ0n) is 12.0. The predicted octanol–water partition coefficient (Wildman–Crippen LogP) is 2.40. The Morgan fingerprint density at radius 3 is 2.38 bits per heavy atom. The minimum absolute atomic E-state index is 0.00997. The van der Waals surface area contributed by atoms with Gasteiger partial charge in [0.2, 0.25) is 10.0 Å². The highest BCUT2D eigenvalue weighted by Gasteiger charge is 2.16. The highest BCUT2D eigenvalue weighted by Crippen LogP contribution is 2.29. The fourth-order valence-corrected chi connectivity index (χ4v) is 2.99. The van der Waals surface area contributed by atoms with Crippen molar-refractivity contribution in [1.29, 1.82) is 0 Å². The summed E-state index contributed by atoms with van der Waals surface area (Å²) in [7, 11) is -3.83. The van der Waals surface area contributed by atoms with Gasteiger partial charge in [-0.15, -0.1) is 0 Å². The molecule has 1 unspecified atom stereocenters. The number of nitrogens with two attached hydrogens (primary N) is 2. The average Bonchev–Trinajstić information content (AvgIpc) is 2.40. The largest absolute Gasteiger partial charge is 0.396 e. The van der Waals surface area contributed by atoms with Crippen LogP contribution in [0.2, 0.25) is 0 Å².